The van der Waals surface area contributed by atoms with Crippen molar-refractivity contribution in [1.29, 1.82) is 0 Å². The van der Waals surface area contributed by atoms with Crippen molar-refractivity contribution in [2.45, 2.75) is 24.9 Å². The predicted octanol–water partition coefficient (Wildman–Crippen LogP) is 1.96. The fraction of sp³-hybridized carbons (Fsp3) is 0.368. The van der Waals surface area contributed by atoms with E-state index in [1.165, 1.54) is 36.5 Å². The highest BCUT2D eigenvalue weighted by molar-refractivity contribution is 6.30. The van der Waals surface area contributed by atoms with E-state index >= 15 is 0 Å². The molecule has 160 valence electrons. The van der Waals surface area contributed by atoms with Crippen LogP contribution in [0.2, 0.25) is 5.02 Å². The molecule has 30 heavy (non-hydrogen) atoms. The molecule has 9 nitrogen and oxygen atoms in total. The number of aromatic nitrogens is 2. The second-order valence-electron chi connectivity index (χ2n) is 6.59. The Hall–Kier alpha value is -3.14. The standard InChI is InChI=1S/C19H20ClFN4O5/c1-29-15(26)8-14(18(27)30-2)24-19(28)25-6-5-13-16(23-9-22-13)17(25)10-3-4-12(21)11(20)7-10/h3-4,7,9,14,17H,5-6,8H2,1-2H3,(H,22,23)(H,24,28). The third kappa shape index (κ3) is 4.38. The topological polar surface area (TPSA) is 114 Å². The molecule has 0 aliphatic carbocycles. The van der Waals surface area contributed by atoms with Gasteiger partial charge in [0.15, 0.2) is 0 Å². The fourth-order valence-corrected chi connectivity index (χ4v) is 3.52. The Morgan fingerprint density at radius 1 is 1.37 bits per heavy atom. The van der Waals surface area contributed by atoms with Crippen LogP contribution in [0.4, 0.5) is 9.18 Å². The first-order valence-corrected chi connectivity index (χ1v) is 9.42. The van der Waals surface area contributed by atoms with E-state index in [1.807, 2.05) is 0 Å². The van der Waals surface area contributed by atoms with Crippen LogP contribution in [-0.4, -0.2) is 59.6 Å². The van der Waals surface area contributed by atoms with Crippen molar-refractivity contribution in [2.24, 2.45) is 0 Å². The van der Waals surface area contributed by atoms with E-state index in [1.54, 1.807) is 0 Å². The van der Waals surface area contributed by atoms with E-state index in [4.69, 9.17) is 11.6 Å². The van der Waals surface area contributed by atoms with Crippen LogP contribution in [0.1, 0.15) is 29.4 Å². The number of hydrogen-bond acceptors (Lipinski definition) is 6. The summed E-state index contributed by atoms with van der Waals surface area (Å²) in [6.07, 6.45) is 1.62. The van der Waals surface area contributed by atoms with Crippen LogP contribution in [0.5, 0.6) is 0 Å². The summed E-state index contributed by atoms with van der Waals surface area (Å²) in [5.41, 5.74) is 1.97. The minimum Gasteiger partial charge on any atom is -0.469 e. The van der Waals surface area contributed by atoms with Crippen molar-refractivity contribution in [3.63, 3.8) is 0 Å². The fourth-order valence-electron chi connectivity index (χ4n) is 3.33. The number of halogens is 2. The second-order valence-corrected chi connectivity index (χ2v) is 7.00. The smallest absolute Gasteiger partial charge is 0.329 e. The van der Waals surface area contributed by atoms with Crippen LogP contribution >= 0.6 is 11.6 Å². The van der Waals surface area contributed by atoms with E-state index in [9.17, 15) is 18.8 Å². The summed E-state index contributed by atoms with van der Waals surface area (Å²) in [6, 6.07) is 1.64. The molecule has 1 aliphatic rings. The number of benzene rings is 1. The molecule has 0 saturated carbocycles. The lowest BCUT2D eigenvalue weighted by Crippen LogP contribution is -2.52. The highest BCUT2D eigenvalue weighted by Gasteiger charge is 2.36. The number of carbonyl (C=O) groups excluding carboxylic acids is 3. The lowest BCUT2D eigenvalue weighted by Gasteiger charge is -2.36. The monoisotopic (exact) mass is 438 g/mol. The molecule has 0 fully saturated rings. The number of amides is 2. The van der Waals surface area contributed by atoms with Crippen molar-refractivity contribution in [3.8, 4) is 0 Å². The zero-order valence-corrected chi connectivity index (χ0v) is 17.0. The summed E-state index contributed by atoms with van der Waals surface area (Å²) in [7, 11) is 2.33. The van der Waals surface area contributed by atoms with Crippen molar-refractivity contribution in [1.82, 2.24) is 20.2 Å². The number of urea groups is 1. The minimum absolute atomic E-state index is 0.0892. The van der Waals surface area contributed by atoms with Crippen LogP contribution in [0.25, 0.3) is 0 Å². The van der Waals surface area contributed by atoms with Gasteiger partial charge in [-0.25, -0.2) is 19.0 Å². The molecule has 2 aromatic rings. The Kier molecular flexibility index (Phi) is 6.56. The molecule has 2 heterocycles. The molecule has 1 aromatic carbocycles. The zero-order chi connectivity index (χ0) is 21.8. The van der Waals surface area contributed by atoms with Crippen LogP contribution in [0.15, 0.2) is 24.5 Å². The van der Waals surface area contributed by atoms with E-state index < -0.39 is 35.9 Å². The molecule has 1 aliphatic heterocycles. The first kappa shape index (κ1) is 21.6. The highest BCUT2D eigenvalue weighted by atomic mass is 35.5. The van der Waals surface area contributed by atoms with Crippen molar-refractivity contribution in [3.05, 3.63) is 52.3 Å². The van der Waals surface area contributed by atoms with Crippen LogP contribution in [0.3, 0.4) is 0 Å². The molecular formula is C19H20ClFN4O5. The number of carbonyl (C=O) groups is 3. The summed E-state index contributed by atoms with van der Waals surface area (Å²) in [5.74, 6) is -2.05. The maximum absolute atomic E-state index is 13.7. The van der Waals surface area contributed by atoms with Crippen LogP contribution < -0.4 is 5.32 Å². The SMILES string of the molecule is COC(=O)CC(NC(=O)N1CCc2[nH]cnc2C1c1ccc(F)c(Cl)c1)C(=O)OC. The van der Waals surface area contributed by atoms with Gasteiger partial charge in [0.25, 0.3) is 0 Å². The van der Waals surface area contributed by atoms with Gasteiger partial charge in [0.2, 0.25) is 0 Å². The van der Waals surface area contributed by atoms with Crippen LogP contribution in [-0.2, 0) is 25.5 Å². The number of nitrogens with zero attached hydrogens (tertiary/aromatic N) is 2. The zero-order valence-electron chi connectivity index (χ0n) is 16.3. The van der Waals surface area contributed by atoms with Gasteiger partial charge in [-0.15, -0.1) is 0 Å². The quantitative estimate of drug-likeness (QED) is 0.690. The molecule has 0 saturated heterocycles. The van der Waals surface area contributed by atoms with Gasteiger partial charge >= 0.3 is 18.0 Å². The number of fused-ring (bicyclic) bond motifs is 1. The van der Waals surface area contributed by atoms with Crippen molar-refractivity contribution in [2.75, 3.05) is 20.8 Å². The third-order valence-electron chi connectivity index (χ3n) is 4.83. The number of aromatic amines is 1. The summed E-state index contributed by atoms with van der Waals surface area (Å²) in [5, 5.41) is 2.43. The molecular weight excluding hydrogens is 419 g/mol. The van der Waals surface area contributed by atoms with Gasteiger partial charge in [0, 0.05) is 18.7 Å². The molecule has 2 unspecified atom stereocenters. The average molecular weight is 439 g/mol. The number of methoxy groups -OCH3 is 2. The highest BCUT2D eigenvalue weighted by Crippen LogP contribution is 2.35. The number of ether oxygens (including phenoxy) is 2. The first-order chi connectivity index (χ1) is 14.3. The van der Waals surface area contributed by atoms with Crippen molar-refractivity contribution < 1.29 is 28.2 Å². The largest absolute Gasteiger partial charge is 0.469 e. The van der Waals surface area contributed by atoms with Gasteiger partial charge in [-0.05, 0) is 17.7 Å². The molecule has 1 aromatic heterocycles. The summed E-state index contributed by atoms with van der Waals surface area (Å²) < 4.78 is 22.9. The Morgan fingerprint density at radius 2 is 2.13 bits per heavy atom. The van der Waals surface area contributed by atoms with E-state index in [0.717, 1.165) is 12.8 Å². The molecule has 2 N–H and O–H groups in total. The van der Waals surface area contributed by atoms with Gasteiger partial charge in [-0.1, -0.05) is 17.7 Å². The summed E-state index contributed by atoms with van der Waals surface area (Å²) in [6.45, 7) is 0.285. The number of rotatable bonds is 5. The molecule has 11 heteroatoms. The number of esters is 2. The first-order valence-electron chi connectivity index (χ1n) is 9.04. The normalized spacial score (nSPS) is 16.4. The number of nitrogens with one attached hydrogen (secondary N) is 2. The number of hydrogen-bond donors (Lipinski definition) is 2. The van der Waals surface area contributed by atoms with E-state index in [2.05, 4.69) is 24.8 Å². The number of imidazole rings is 1. The minimum atomic E-state index is -1.23. The predicted molar refractivity (Wildman–Crippen MR) is 103 cm³/mol. The van der Waals surface area contributed by atoms with E-state index in [0.29, 0.717) is 17.7 Å². The maximum Gasteiger partial charge on any atom is 0.329 e. The lowest BCUT2D eigenvalue weighted by atomic mass is 9.96. The molecule has 3 rings (SSSR count). The van der Waals surface area contributed by atoms with E-state index in [-0.39, 0.29) is 18.0 Å². The van der Waals surface area contributed by atoms with Gasteiger partial charge in [0.1, 0.15) is 17.9 Å². The third-order valence-corrected chi connectivity index (χ3v) is 5.12. The lowest BCUT2D eigenvalue weighted by molar-refractivity contribution is -0.149. The second kappa shape index (κ2) is 9.12. The van der Waals surface area contributed by atoms with Gasteiger partial charge in [0.05, 0.1) is 37.7 Å². The number of H-pyrrole nitrogens is 1. The maximum atomic E-state index is 13.7. The summed E-state index contributed by atoms with van der Waals surface area (Å²) >= 11 is 5.94. The van der Waals surface area contributed by atoms with Crippen molar-refractivity contribution >= 4 is 29.6 Å². The van der Waals surface area contributed by atoms with Crippen LogP contribution in [0, 0.1) is 5.82 Å². The molecule has 0 radical (unpaired) electrons. The Morgan fingerprint density at radius 3 is 2.80 bits per heavy atom. The van der Waals surface area contributed by atoms with Gasteiger partial charge < -0.3 is 24.7 Å². The molecule has 0 bridgehead atoms. The molecule has 2 amide bonds. The summed E-state index contributed by atoms with van der Waals surface area (Å²) in [4.78, 5) is 45.5. The van der Waals surface area contributed by atoms with Gasteiger partial charge in [-0.3, -0.25) is 4.79 Å². The average Bonchev–Trinajstić information content (AvgIpc) is 3.22. The molecule has 0 spiro atoms. The van der Waals surface area contributed by atoms with Gasteiger partial charge in [-0.2, -0.15) is 0 Å². The Bertz CT molecular complexity index is 966. The Labute approximate surface area is 176 Å². The Balaban J connectivity index is 1.91. The molecule has 2 atom stereocenters.